The monoisotopic (exact) mass is 336 g/mol. The van der Waals surface area contributed by atoms with E-state index in [0.717, 1.165) is 12.0 Å². The van der Waals surface area contributed by atoms with Crippen molar-refractivity contribution in [1.82, 2.24) is 0 Å². The fraction of sp³-hybridized carbons (Fsp3) is 0.211. The molecular formula is C19H20N4O2. The number of hydrogen-bond acceptors (Lipinski definition) is 4. The molecule has 0 saturated carbocycles. The van der Waals surface area contributed by atoms with Crippen molar-refractivity contribution in [2.24, 2.45) is 11.0 Å². The molecule has 3 N–H and O–H groups in total. The van der Waals surface area contributed by atoms with E-state index in [9.17, 15) is 9.59 Å². The van der Waals surface area contributed by atoms with Crippen LogP contribution >= 0.6 is 0 Å². The highest BCUT2D eigenvalue weighted by Gasteiger charge is 2.39. The van der Waals surface area contributed by atoms with Gasteiger partial charge in [0.25, 0.3) is 5.91 Å². The quantitative estimate of drug-likeness (QED) is 0.665. The molecular weight excluding hydrogens is 316 g/mol. The van der Waals surface area contributed by atoms with Crippen molar-refractivity contribution < 1.29 is 9.59 Å². The second kappa shape index (κ2) is 6.76. The van der Waals surface area contributed by atoms with Crippen LogP contribution in [0.4, 0.5) is 17.1 Å². The number of nitrogens with zero attached hydrogens (tertiary/aromatic N) is 2. The number of amides is 2. The van der Waals surface area contributed by atoms with Crippen LogP contribution in [-0.2, 0) is 16.0 Å². The first-order valence-corrected chi connectivity index (χ1v) is 8.14. The van der Waals surface area contributed by atoms with E-state index in [0.29, 0.717) is 22.8 Å². The molecule has 6 heteroatoms. The molecule has 0 fully saturated rings. The van der Waals surface area contributed by atoms with E-state index >= 15 is 0 Å². The van der Waals surface area contributed by atoms with Crippen molar-refractivity contribution in [1.29, 1.82) is 0 Å². The summed E-state index contributed by atoms with van der Waals surface area (Å²) in [7, 11) is 0. The maximum absolute atomic E-state index is 12.7. The van der Waals surface area contributed by atoms with Gasteiger partial charge in [-0.3, -0.25) is 9.59 Å². The molecule has 0 bridgehead atoms. The molecule has 1 heterocycles. The van der Waals surface area contributed by atoms with Crippen LogP contribution in [0.5, 0.6) is 0 Å². The SMILES string of the molecule is CCc1cccc(NC(=O)C2C(=O)N(c3ccc(N)cc3)N=C2C)c1. The summed E-state index contributed by atoms with van der Waals surface area (Å²) in [6.07, 6.45) is 0.872. The molecule has 2 amide bonds. The van der Waals surface area contributed by atoms with Gasteiger partial charge in [-0.25, -0.2) is 0 Å². The van der Waals surface area contributed by atoms with Crippen LogP contribution in [0.1, 0.15) is 19.4 Å². The number of nitrogens with one attached hydrogen (secondary N) is 1. The second-order valence-electron chi connectivity index (χ2n) is 5.96. The van der Waals surface area contributed by atoms with Gasteiger partial charge in [0.05, 0.1) is 11.4 Å². The summed E-state index contributed by atoms with van der Waals surface area (Å²) in [5.74, 6) is -1.67. The third-order valence-electron chi connectivity index (χ3n) is 4.13. The van der Waals surface area contributed by atoms with Gasteiger partial charge in [0.1, 0.15) is 0 Å². The number of hydrogen-bond donors (Lipinski definition) is 2. The van der Waals surface area contributed by atoms with E-state index in [-0.39, 0.29) is 11.8 Å². The topological polar surface area (TPSA) is 87.8 Å². The van der Waals surface area contributed by atoms with E-state index in [1.807, 2.05) is 25.1 Å². The molecule has 1 atom stereocenters. The molecule has 2 aromatic carbocycles. The fourth-order valence-corrected chi connectivity index (χ4v) is 2.75. The van der Waals surface area contributed by atoms with E-state index in [1.54, 1.807) is 37.3 Å². The van der Waals surface area contributed by atoms with Gasteiger partial charge >= 0.3 is 0 Å². The van der Waals surface area contributed by atoms with Crippen molar-refractivity contribution >= 4 is 34.6 Å². The molecule has 6 nitrogen and oxygen atoms in total. The minimum Gasteiger partial charge on any atom is -0.399 e. The van der Waals surface area contributed by atoms with E-state index in [2.05, 4.69) is 10.4 Å². The number of anilines is 3. The Bertz CT molecular complexity index is 843. The summed E-state index contributed by atoms with van der Waals surface area (Å²) in [4.78, 5) is 25.3. The first-order chi connectivity index (χ1) is 12.0. The normalized spacial score (nSPS) is 16.7. The van der Waals surface area contributed by atoms with Gasteiger partial charge in [0.2, 0.25) is 5.91 Å². The van der Waals surface area contributed by atoms with Crippen LogP contribution in [0, 0.1) is 5.92 Å². The lowest BCUT2D eigenvalue weighted by Crippen LogP contribution is -2.36. The van der Waals surface area contributed by atoms with Crippen molar-refractivity contribution in [2.45, 2.75) is 20.3 Å². The summed E-state index contributed by atoms with van der Waals surface area (Å²) < 4.78 is 0. The number of hydrazone groups is 1. The number of rotatable bonds is 4. The number of nitrogen functional groups attached to an aromatic ring is 1. The summed E-state index contributed by atoms with van der Waals surface area (Å²) >= 11 is 0. The number of nitrogens with two attached hydrogens (primary N) is 1. The van der Waals surface area contributed by atoms with Crippen LogP contribution in [0.2, 0.25) is 0 Å². The first-order valence-electron chi connectivity index (χ1n) is 8.14. The van der Waals surface area contributed by atoms with Gasteiger partial charge in [-0.15, -0.1) is 0 Å². The standard InChI is InChI=1S/C19H20N4O2/c1-3-13-5-4-6-15(11-13)21-18(24)17-12(2)22-23(19(17)25)16-9-7-14(20)8-10-16/h4-11,17H,3,20H2,1-2H3,(H,21,24). The molecule has 1 unspecified atom stereocenters. The summed E-state index contributed by atoms with van der Waals surface area (Å²) in [5.41, 5.74) is 9.11. The molecule has 128 valence electrons. The summed E-state index contributed by atoms with van der Waals surface area (Å²) in [5, 5.41) is 8.31. The Morgan fingerprint density at radius 3 is 2.64 bits per heavy atom. The van der Waals surface area contributed by atoms with Crippen molar-refractivity contribution in [2.75, 3.05) is 16.1 Å². The molecule has 0 aromatic heterocycles. The Kier molecular flexibility index (Phi) is 4.52. The number of carbonyl (C=O) groups is 2. The zero-order valence-electron chi connectivity index (χ0n) is 14.2. The maximum atomic E-state index is 12.7. The minimum atomic E-state index is -0.928. The van der Waals surface area contributed by atoms with Crippen LogP contribution in [0.25, 0.3) is 0 Å². The average Bonchev–Trinajstić information content (AvgIpc) is 2.90. The zero-order chi connectivity index (χ0) is 18.0. The van der Waals surface area contributed by atoms with Crippen molar-refractivity contribution in [3.05, 3.63) is 54.1 Å². The van der Waals surface area contributed by atoms with E-state index in [4.69, 9.17) is 5.73 Å². The Morgan fingerprint density at radius 1 is 1.24 bits per heavy atom. The lowest BCUT2D eigenvalue weighted by atomic mass is 10.0. The highest BCUT2D eigenvalue weighted by Crippen LogP contribution is 2.25. The molecule has 0 radical (unpaired) electrons. The predicted octanol–water partition coefficient (Wildman–Crippen LogP) is 2.81. The van der Waals surface area contributed by atoms with Crippen molar-refractivity contribution in [3.8, 4) is 0 Å². The molecule has 0 aliphatic carbocycles. The van der Waals surface area contributed by atoms with Crippen LogP contribution < -0.4 is 16.1 Å². The molecule has 1 aliphatic rings. The third kappa shape index (κ3) is 3.38. The Hall–Kier alpha value is -3.15. The smallest absolute Gasteiger partial charge is 0.265 e. The van der Waals surface area contributed by atoms with Gasteiger partial charge in [0, 0.05) is 11.4 Å². The molecule has 0 spiro atoms. The molecule has 3 rings (SSSR count). The largest absolute Gasteiger partial charge is 0.399 e. The fourth-order valence-electron chi connectivity index (χ4n) is 2.75. The Labute approximate surface area is 146 Å². The van der Waals surface area contributed by atoms with Crippen LogP contribution in [0.3, 0.4) is 0 Å². The highest BCUT2D eigenvalue weighted by molar-refractivity contribution is 6.28. The van der Waals surface area contributed by atoms with Crippen LogP contribution in [-0.4, -0.2) is 17.5 Å². The van der Waals surface area contributed by atoms with Crippen molar-refractivity contribution in [3.63, 3.8) is 0 Å². The Balaban J connectivity index is 1.78. The second-order valence-corrected chi connectivity index (χ2v) is 5.96. The summed E-state index contributed by atoms with van der Waals surface area (Å²) in [6, 6.07) is 14.4. The predicted molar refractivity (Wildman–Crippen MR) is 99.4 cm³/mol. The molecule has 0 saturated heterocycles. The van der Waals surface area contributed by atoms with Gasteiger partial charge < -0.3 is 11.1 Å². The van der Waals surface area contributed by atoms with Gasteiger partial charge in [-0.05, 0) is 55.3 Å². The average molecular weight is 336 g/mol. The van der Waals surface area contributed by atoms with Crippen LogP contribution in [0.15, 0.2) is 53.6 Å². The maximum Gasteiger partial charge on any atom is 0.265 e. The molecule has 2 aromatic rings. The van der Waals surface area contributed by atoms with Gasteiger partial charge in [-0.1, -0.05) is 19.1 Å². The number of carbonyl (C=O) groups excluding carboxylic acids is 2. The van der Waals surface area contributed by atoms with E-state index < -0.39 is 5.92 Å². The molecule has 25 heavy (non-hydrogen) atoms. The third-order valence-corrected chi connectivity index (χ3v) is 4.13. The summed E-state index contributed by atoms with van der Waals surface area (Å²) in [6.45, 7) is 3.73. The van der Waals surface area contributed by atoms with Gasteiger partial charge in [-0.2, -0.15) is 10.1 Å². The number of benzene rings is 2. The Morgan fingerprint density at radius 2 is 1.96 bits per heavy atom. The van der Waals surface area contributed by atoms with E-state index in [1.165, 1.54) is 5.01 Å². The lowest BCUT2D eigenvalue weighted by Gasteiger charge is -2.15. The lowest BCUT2D eigenvalue weighted by molar-refractivity contribution is -0.127. The zero-order valence-corrected chi connectivity index (χ0v) is 14.2. The highest BCUT2D eigenvalue weighted by atomic mass is 16.2. The molecule has 1 aliphatic heterocycles. The van der Waals surface area contributed by atoms with Gasteiger partial charge in [0.15, 0.2) is 5.92 Å². The number of aryl methyl sites for hydroxylation is 1. The first kappa shape index (κ1) is 16.7. The minimum absolute atomic E-state index is 0.369.